The lowest BCUT2D eigenvalue weighted by Crippen LogP contribution is -2.38. The van der Waals surface area contributed by atoms with Gasteiger partial charge in [-0.05, 0) is 31.9 Å². The predicted octanol–water partition coefficient (Wildman–Crippen LogP) is 3.76. The van der Waals surface area contributed by atoms with Crippen molar-refractivity contribution in [1.29, 1.82) is 0 Å². The van der Waals surface area contributed by atoms with E-state index in [0.717, 1.165) is 18.1 Å². The van der Waals surface area contributed by atoms with Crippen molar-refractivity contribution < 1.29 is 19.2 Å². The number of nitro groups is 1. The average molecular weight is 384 g/mol. The maximum Gasteiger partial charge on any atom is 0.339 e. The Kier molecular flexibility index (Phi) is 7.26. The predicted molar refractivity (Wildman–Crippen MR) is 105 cm³/mol. The number of aryl methyl sites for hydroxylation is 1. The van der Waals surface area contributed by atoms with E-state index in [4.69, 9.17) is 4.74 Å². The molecule has 0 aliphatic carbocycles. The molecular formula is C21H24N2O5. The number of amides is 1. The first-order valence-electron chi connectivity index (χ1n) is 9.12. The summed E-state index contributed by atoms with van der Waals surface area (Å²) in [5.74, 6) is -1.03. The summed E-state index contributed by atoms with van der Waals surface area (Å²) < 4.78 is 5.17. The molecule has 7 nitrogen and oxygen atoms in total. The van der Waals surface area contributed by atoms with Gasteiger partial charge in [0.2, 0.25) is 0 Å². The van der Waals surface area contributed by atoms with Gasteiger partial charge in [0.15, 0.2) is 6.10 Å². The lowest BCUT2D eigenvalue weighted by molar-refractivity contribution is -0.385. The van der Waals surface area contributed by atoms with Gasteiger partial charge < -0.3 is 10.1 Å². The number of esters is 1. The molecule has 0 aliphatic heterocycles. The van der Waals surface area contributed by atoms with Gasteiger partial charge >= 0.3 is 5.97 Å². The first kappa shape index (κ1) is 21.1. The summed E-state index contributed by atoms with van der Waals surface area (Å²) in [5, 5.41) is 13.8. The molecule has 0 fully saturated rings. The quantitative estimate of drug-likeness (QED) is 0.424. The Balaban J connectivity index is 1.95. The van der Waals surface area contributed by atoms with Gasteiger partial charge in [0.05, 0.1) is 10.5 Å². The van der Waals surface area contributed by atoms with E-state index >= 15 is 0 Å². The second-order valence-electron chi connectivity index (χ2n) is 6.57. The third kappa shape index (κ3) is 5.39. The fraction of sp³-hybridized carbons (Fsp3) is 0.333. The molecule has 0 bridgehead atoms. The molecule has 2 aromatic rings. The number of nitro benzene ring substituents is 1. The van der Waals surface area contributed by atoms with Gasteiger partial charge in [0.25, 0.3) is 11.6 Å². The molecule has 7 heteroatoms. The second-order valence-corrected chi connectivity index (χ2v) is 6.57. The summed E-state index contributed by atoms with van der Waals surface area (Å²) in [5.41, 5.74) is 1.44. The third-order valence-corrected chi connectivity index (χ3v) is 4.58. The van der Waals surface area contributed by atoms with Crippen LogP contribution in [0.4, 0.5) is 5.69 Å². The Labute approximate surface area is 163 Å². The fourth-order valence-electron chi connectivity index (χ4n) is 2.81. The van der Waals surface area contributed by atoms with Crippen LogP contribution in [0.15, 0.2) is 48.5 Å². The zero-order valence-corrected chi connectivity index (χ0v) is 16.2. The van der Waals surface area contributed by atoms with Crippen LogP contribution < -0.4 is 5.32 Å². The molecular weight excluding hydrogens is 360 g/mol. The van der Waals surface area contributed by atoms with Crippen LogP contribution in [-0.4, -0.2) is 29.4 Å². The Morgan fingerprint density at radius 1 is 1.18 bits per heavy atom. The van der Waals surface area contributed by atoms with E-state index < -0.39 is 22.9 Å². The molecule has 0 saturated carbocycles. The summed E-state index contributed by atoms with van der Waals surface area (Å²) in [6, 6.07) is 13.9. The van der Waals surface area contributed by atoms with Crippen LogP contribution in [0.5, 0.6) is 0 Å². The summed E-state index contributed by atoms with van der Waals surface area (Å²) in [6.07, 6.45) is -0.160. The highest BCUT2D eigenvalue weighted by atomic mass is 16.6. The number of rotatable bonds is 8. The van der Waals surface area contributed by atoms with E-state index in [2.05, 4.69) is 5.32 Å². The Hall–Kier alpha value is -3.22. The zero-order valence-electron chi connectivity index (χ0n) is 16.2. The van der Waals surface area contributed by atoms with Gasteiger partial charge in [-0.2, -0.15) is 0 Å². The van der Waals surface area contributed by atoms with Crippen molar-refractivity contribution in [3.63, 3.8) is 0 Å². The molecule has 2 atom stereocenters. The molecule has 1 N–H and O–H groups in total. The molecule has 148 valence electrons. The van der Waals surface area contributed by atoms with E-state index in [9.17, 15) is 19.7 Å². The highest BCUT2D eigenvalue weighted by molar-refractivity contribution is 5.93. The Morgan fingerprint density at radius 3 is 2.46 bits per heavy atom. The van der Waals surface area contributed by atoms with Crippen LogP contribution in [0.1, 0.15) is 47.7 Å². The minimum absolute atomic E-state index is 0.0349. The van der Waals surface area contributed by atoms with Crippen molar-refractivity contribution in [2.24, 2.45) is 0 Å². The molecule has 2 rings (SSSR count). The van der Waals surface area contributed by atoms with E-state index in [0.29, 0.717) is 12.1 Å². The second kappa shape index (κ2) is 9.64. The van der Waals surface area contributed by atoms with Crippen LogP contribution >= 0.6 is 0 Å². The molecule has 28 heavy (non-hydrogen) atoms. The van der Waals surface area contributed by atoms with Crippen LogP contribution in [0.2, 0.25) is 0 Å². The third-order valence-electron chi connectivity index (χ3n) is 4.58. The van der Waals surface area contributed by atoms with E-state index in [-0.39, 0.29) is 17.2 Å². The normalized spacial score (nSPS) is 12.7. The number of carbonyl (C=O) groups is 2. The average Bonchev–Trinajstić information content (AvgIpc) is 2.69. The van der Waals surface area contributed by atoms with E-state index in [1.54, 1.807) is 6.92 Å². The van der Waals surface area contributed by atoms with Gasteiger partial charge in [0, 0.05) is 24.1 Å². The van der Waals surface area contributed by atoms with E-state index in [1.165, 1.54) is 19.1 Å². The highest BCUT2D eigenvalue weighted by Crippen LogP contribution is 2.20. The maximum atomic E-state index is 12.3. The number of hydrogen-bond donors (Lipinski definition) is 1. The zero-order chi connectivity index (χ0) is 20.7. The topological polar surface area (TPSA) is 98.5 Å². The molecule has 0 spiro atoms. The largest absolute Gasteiger partial charge is 0.449 e. The summed E-state index contributed by atoms with van der Waals surface area (Å²) in [4.78, 5) is 35.0. The smallest absolute Gasteiger partial charge is 0.339 e. The molecule has 0 saturated heterocycles. The molecule has 0 aliphatic rings. The summed E-state index contributed by atoms with van der Waals surface area (Å²) in [6.45, 7) is 5.52. The number of ether oxygens (including phenoxy) is 1. The lowest BCUT2D eigenvalue weighted by atomic mass is 9.96. The molecule has 1 amide bonds. The van der Waals surface area contributed by atoms with Crippen LogP contribution in [0, 0.1) is 17.0 Å². The molecule has 0 aromatic heterocycles. The van der Waals surface area contributed by atoms with E-state index in [1.807, 2.05) is 37.3 Å². The SMILES string of the molecule is CC[C@@H](CNC(=O)[C@@H](C)OC(=O)c1ccc(C)c([N+](=O)[O-])c1)c1ccccc1. The molecule has 0 unspecified atom stereocenters. The van der Waals surface area contributed by atoms with Crippen LogP contribution in [0.25, 0.3) is 0 Å². The number of carbonyl (C=O) groups excluding carboxylic acids is 2. The van der Waals surface area contributed by atoms with Gasteiger partial charge in [-0.15, -0.1) is 0 Å². The van der Waals surface area contributed by atoms with Crippen molar-refractivity contribution in [3.8, 4) is 0 Å². The number of hydrogen-bond acceptors (Lipinski definition) is 5. The Morgan fingerprint density at radius 2 is 1.86 bits per heavy atom. The number of nitrogens with zero attached hydrogens (tertiary/aromatic N) is 1. The van der Waals surface area contributed by atoms with Crippen LogP contribution in [-0.2, 0) is 9.53 Å². The number of benzene rings is 2. The molecule has 0 heterocycles. The monoisotopic (exact) mass is 384 g/mol. The van der Waals surface area contributed by atoms with Gasteiger partial charge in [0.1, 0.15) is 0 Å². The minimum atomic E-state index is -1.01. The van der Waals surface area contributed by atoms with Gasteiger partial charge in [-0.25, -0.2) is 4.79 Å². The van der Waals surface area contributed by atoms with Gasteiger partial charge in [-0.3, -0.25) is 14.9 Å². The molecule has 0 radical (unpaired) electrons. The number of nitrogens with one attached hydrogen (secondary N) is 1. The first-order chi connectivity index (χ1) is 13.3. The van der Waals surface area contributed by atoms with Crippen molar-refractivity contribution in [3.05, 3.63) is 75.3 Å². The highest BCUT2D eigenvalue weighted by Gasteiger charge is 2.22. The first-order valence-corrected chi connectivity index (χ1v) is 9.12. The maximum absolute atomic E-state index is 12.3. The summed E-state index contributed by atoms with van der Waals surface area (Å²) in [7, 11) is 0. The van der Waals surface area contributed by atoms with Crippen LogP contribution in [0.3, 0.4) is 0 Å². The van der Waals surface area contributed by atoms with Crippen molar-refractivity contribution in [2.45, 2.75) is 39.2 Å². The van der Waals surface area contributed by atoms with Crippen molar-refractivity contribution in [1.82, 2.24) is 5.32 Å². The fourth-order valence-corrected chi connectivity index (χ4v) is 2.81. The minimum Gasteiger partial charge on any atom is -0.449 e. The lowest BCUT2D eigenvalue weighted by Gasteiger charge is -2.18. The summed E-state index contributed by atoms with van der Waals surface area (Å²) >= 11 is 0. The standard InChI is InChI=1S/C21H24N2O5/c1-4-16(17-8-6-5-7-9-17)13-22-20(24)15(3)28-21(25)18-11-10-14(2)19(12-18)23(26)27/h5-12,15-16H,4,13H2,1-3H3,(H,22,24)/t15-,16+/m1/s1. The van der Waals surface area contributed by atoms with Crippen molar-refractivity contribution >= 4 is 17.6 Å². The molecule has 2 aromatic carbocycles. The van der Waals surface area contributed by atoms with Crippen molar-refractivity contribution in [2.75, 3.05) is 6.54 Å². The Bertz CT molecular complexity index is 851. The van der Waals surface area contributed by atoms with Gasteiger partial charge in [-0.1, -0.05) is 43.3 Å².